The molecule has 2 aromatic rings. The minimum atomic E-state index is -0.601. The summed E-state index contributed by atoms with van der Waals surface area (Å²) < 4.78 is 12.2. The van der Waals surface area contributed by atoms with Crippen LogP contribution >= 0.6 is 0 Å². The molecule has 2 aliphatic heterocycles. The Bertz CT molecular complexity index is 755. The Morgan fingerprint density at radius 1 is 1.17 bits per heavy atom. The molecule has 0 atom stereocenters. The highest BCUT2D eigenvalue weighted by Crippen LogP contribution is 2.38. The molecule has 124 valence electrons. The Hall–Kier alpha value is -2.47. The van der Waals surface area contributed by atoms with E-state index in [0.717, 1.165) is 22.4 Å². The number of carbonyl (C=O) groups is 1. The zero-order chi connectivity index (χ0) is 16.6. The lowest BCUT2D eigenvalue weighted by atomic mass is 10.00. The quantitative estimate of drug-likeness (QED) is 0.805. The van der Waals surface area contributed by atoms with Crippen LogP contribution in [0.4, 0.5) is 0 Å². The van der Waals surface area contributed by atoms with Crippen molar-refractivity contribution >= 4 is 5.91 Å². The first-order chi connectivity index (χ1) is 11.7. The molecule has 1 spiro atoms. The third kappa shape index (κ3) is 2.73. The monoisotopic (exact) mass is 325 g/mol. The minimum absolute atomic E-state index is 0.107. The minimum Gasteiger partial charge on any atom is -0.462 e. The van der Waals surface area contributed by atoms with Crippen LogP contribution in [-0.4, -0.2) is 39.7 Å². The van der Waals surface area contributed by atoms with Gasteiger partial charge in [-0.1, -0.05) is 6.07 Å². The summed E-state index contributed by atoms with van der Waals surface area (Å²) in [6.45, 7) is 3.45. The van der Waals surface area contributed by atoms with Gasteiger partial charge >= 0.3 is 0 Å². The average Bonchev–Trinajstić information content (AvgIpc) is 2.62. The summed E-state index contributed by atoms with van der Waals surface area (Å²) in [7, 11) is 0. The Morgan fingerprint density at radius 3 is 2.62 bits per heavy atom. The van der Waals surface area contributed by atoms with E-state index in [0.29, 0.717) is 32.5 Å². The highest BCUT2D eigenvalue weighted by molar-refractivity contribution is 5.73. The lowest BCUT2D eigenvalue weighted by Crippen LogP contribution is -2.52. The Morgan fingerprint density at radius 2 is 1.92 bits per heavy atom. The van der Waals surface area contributed by atoms with Crippen LogP contribution in [0.1, 0.15) is 25.3 Å². The second kappa shape index (κ2) is 5.87. The van der Waals surface area contributed by atoms with Crippen LogP contribution in [0, 0.1) is 0 Å². The van der Waals surface area contributed by atoms with Crippen LogP contribution in [0.25, 0.3) is 11.1 Å². The van der Waals surface area contributed by atoms with Gasteiger partial charge in [-0.3, -0.25) is 4.79 Å². The fourth-order valence-electron chi connectivity index (χ4n) is 3.27. The molecule has 0 radical (unpaired) electrons. The molecule has 6 nitrogen and oxygen atoms in total. The van der Waals surface area contributed by atoms with Gasteiger partial charge in [0.05, 0.1) is 6.61 Å². The normalized spacial score (nSPS) is 18.8. The summed E-state index contributed by atoms with van der Waals surface area (Å²) in [6, 6.07) is 6.06. The molecule has 1 saturated heterocycles. The third-order valence-electron chi connectivity index (χ3n) is 4.71. The van der Waals surface area contributed by atoms with Gasteiger partial charge in [-0.05, 0) is 17.7 Å². The van der Waals surface area contributed by atoms with E-state index in [1.807, 2.05) is 17.0 Å². The number of carbonyl (C=O) groups excluding carboxylic acids is 1. The van der Waals surface area contributed by atoms with Gasteiger partial charge in [0, 0.05) is 56.4 Å². The van der Waals surface area contributed by atoms with E-state index in [1.165, 1.54) is 6.33 Å². The van der Waals surface area contributed by atoms with E-state index in [-0.39, 0.29) is 5.91 Å². The first kappa shape index (κ1) is 15.1. The van der Waals surface area contributed by atoms with Gasteiger partial charge < -0.3 is 14.4 Å². The number of likely N-dealkylation sites (tertiary alicyclic amines) is 1. The van der Waals surface area contributed by atoms with Gasteiger partial charge in [-0.25, -0.2) is 9.97 Å². The van der Waals surface area contributed by atoms with E-state index in [1.54, 1.807) is 19.3 Å². The molecule has 0 aliphatic carbocycles. The highest BCUT2D eigenvalue weighted by Gasteiger charge is 2.41. The topological polar surface area (TPSA) is 64.6 Å². The molecule has 0 unspecified atom stereocenters. The molecule has 1 aromatic carbocycles. The van der Waals surface area contributed by atoms with Crippen LogP contribution in [0.5, 0.6) is 5.75 Å². The van der Waals surface area contributed by atoms with Crippen molar-refractivity contribution in [2.45, 2.75) is 32.2 Å². The number of aromatic nitrogens is 2. The van der Waals surface area contributed by atoms with Crippen LogP contribution in [-0.2, 0) is 16.1 Å². The molecule has 24 heavy (non-hydrogen) atoms. The van der Waals surface area contributed by atoms with Crippen LogP contribution in [0.2, 0.25) is 0 Å². The number of benzene rings is 1. The number of amides is 1. The Balaban J connectivity index is 1.53. The number of ether oxygens (including phenoxy) is 2. The average molecular weight is 325 g/mol. The van der Waals surface area contributed by atoms with Crippen LogP contribution in [0.15, 0.2) is 36.9 Å². The smallest absolute Gasteiger partial charge is 0.219 e. The summed E-state index contributed by atoms with van der Waals surface area (Å²) in [4.78, 5) is 21.4. The summed E-state index contributed by atoms with van der Waals surface area (Å²) in [6.07, 6.45) is 6.49. The summed E-state index contributed by atoms with van der Waals surface area (Å²) in [5, 5.41) is 0. The summed E-state index contributed by atoms with van der Waals surface area (Å²) in [5.41, 5.74) is 3.04. The standard InChI is InChI=1S/C18H19N3O3/c1-13(22)21-6-4-18(5-7-21)23-11-15-8-14(2-3-17(15)24-18)16-9-19-12-20-10-16/h2-3,8-10,12H,4-7,11H2,1H3. The van der Waals surface area contributed by atoms with Crippen molar-refractivity contribution in [1.29, 1.82) is 0 Å². The number of fused-ring (bicyclic) bond motifs is 1. The molecule has 0 N–H and O–H groups in total. The zero-order valence-corrected chi connectivity index (χ0v) is 13.6. The van der Waals surface area contributed by atoms with Gasteiger partial charge in [0.25, 0.3) is 0 Å². The van der Waals surface area contributed by atoms with Crippen molar-refractivity contribution in [1.82, 2.24) is 14.9 Å². The second-order valence-electron chi connectivity index (χ2n) is 6.26. The van der Waals surface area contributed by atoms with Gasteiger partial charge in [0.2, 0.25) is 11.7 Å². The zero-order valence-electron chi connectivity index (χ0n) is 13.6. The molecule has 0 saturated carbocycles. The maximum absolute atomic E-state index is 11.5. The fraction of sp³-hybridized carbons (Fsp3) is 0.389. The van der Waals surface area contributed by atoms with E-state index in [9.17, 15) is 4.79 Å². The molecule has 2 aliphatic rings. The molecule has 3 heterocycles. The molecule has 4 rings (SSSR count). The van der Waals surface area contributed by atoms with Crippen molar-refractivity contribution in [3.8, 4) is 16.9 Å². The van der Waals surface area contributed by atoms with Crippen molar-refractivity contribution in [2.24, 2.45) is 0 Å². The molecule has 6 heteroatoms. The third-order valence-corrected chi connectivity index (χ3v) is 4.71. The lowest BCUT2D eigenvalue weighted by Gasteiger charge is -2.43. The summed E-state index contributed by atoms with van der Waals surface area (Å²) >= 11 is 0. The maximum atomic E-state index is 11.5. The number of hydrogen-bond acceptors (Lipinski definition) is 5. The first-order valence-corrected chi connectivity index (χ1v) is 8.12. The molecular formula is C18H19N3O3. The van der Waals surface area contributed by atoms with E-state index in [2.05, 4.69) is 16.0 Å². The predicted octanol–water partition coefficient (Wildman–Crippen LogP) is 2.39. The van der Waals surface area contributed by atoms with Gasteiger partial charge in [0.15, 0.2) is 0 Å². The number of hydrogen-bond donors (Lipinski definition) is 0. The van der Waals surface area contributed by atoms with E-state index < -0.39 is 5.79 Å². The van der Waals surface area contributed by atoms with E-state index >= 15 is 0 Å². The molecule has 1 amide bonds. The van der Waals surface area contributed by atoms with Gasteiger partial charge in [-0.15, -0.1) is 0 Å². The highest BCUT2D eigenvalue weighted by atomic mass is 16.7. The van der Waals surface area contributed by atoms with Crippen molar-refractivity contribution in [3.05, 3.63) is 42.5 Å². The largest absolute Gasteiger partial charge is 0.462 e. The maximum Gasteiger partial charge on any atom is 0.219 e. The van der Waals surface area contributed by atoms with Crippen LogP contribution in [0.3, 0.4) is 0 Å². The lowest BCUT2D eigenvalue weighted by molar-refractivity contribution is -0.227. The van der Waals surface area contributed by atoms with Crippen LogP contribution < -0.4 is 4.74 Å². The molecule has 0 bridgehead atoms. The molecular weight excluding hydrogens is 306 g/mol. The Kier molecular flexibility index (Phi) is 3.69. The van der Waals surface area contributed by atoms with Gasteiger partial charge in [0.1, 0.15) is 12.1 Å². The predicted molar refractivity (Wildman–Crippen MR) is 87.1 cm³/mol. The SMILES string of the molecule is CC(=O)N1CCC2(CC1)OCc1cc(-c3cncnc3)ccc1O2. The summed E-state index contributed by atoms with van der Waals surface area (Å²) in [5.74, 6) is 0.366. The second-order valence-corrected chi connectivity index (χ2v) is 6.26. The van der Waals surface area contributed by atoms with Crippen molar-refractivity contribution in [3.63, 3.8) is 0 Å². The molecule has 1 fully saturated rings. The van der Waals surface area contributed by atoms with Crippen molar-refractivity contribution in [2.75, 3.05) is 13.1 Å². The number of rotatable bonds is 1. The van der Waals surface area contributed by atoms with Gasteiger partial charge in [-0.2, -0.15) is 0 Å². The number of nitrogens with zero attached hydrogens (tertiary/aromatic N) is 3. The molecule has 1 aromatic heterocycles. The van der Waals surface area contributed by atoms with E-state index in [4.69, 9.17) is 9.47 Å². The first-order valence-electron chi connectivity index (χ1n) is 8.12. The van der Waals surface area contributed by atoms with Crippen molar-refractivity contribution < 1.29 is 14.3 Å². The fourth-order valence-corrected chi connectivity index (χ4v) is 3.27. The Labute approximate surface area is 140 Å². The number of piperidine rings is 1.